The van der Waals surface area contributed by atoms with Crippen molar-refractivity contribution < 1.29 is 14.7 Å². The number of hydrogen-bond donors (Lipinski definition) is 2. The summed E-state index contributed by atoms with van der Waals surface area (Å²) in [6, 6.07) is 6.15. The van der Waals surface area contributed by atoms with Crippen LogP contribution in [0.5, 0.6) is 0 Å². The van der Waals surface area contributed by atoms with Gasteiger partial charge in [0.1, 0.15) is 0 Å². The van der Waals surface area contributed by atoms with E-state index in [4.69, 9.17) is 0 Å². The molecule has 1 aliphatic rings. The zero-order valence-electron chi connectivity index (χ0n) is 13.5. The summed E-state index contributed by atoms with van der Waals surface area (Å²) >= 11 is 0. The number of amides is 1. The molecule has 1 atom stereocenters. The second kappa shape index (κ2) is 5.96. The summed E-state index contributed by atoms with van der Waals surface area (Å²) in [4.78, 5) is 27.0. The van der Waals surface area contributed by atoms with Crippen molar-refractivity contribution in [3.63, 3.8) is 0 Å². The Bertz CT molecular complexity index is 602. The number of likely N-dealkylation sites (N-methyl/N-ethyl adjacent to an activating group) is 1. The van der Waals surface area contributed by atoms with Gasteiger partial charge in [0.25, 0.3) is 0 Å². The lowest BCUT2D eigenvalue weighted by molar-refractivity contribution is -0.130. The summed E-state index contributed by atoms with van der Waals surface area (Å²) < 4.78 is 0. The maximum atomic E-state index is 12.2. The number of piperazine rings is 1. The standard InChI is InChI=1S/C16H23N3O3/c1-11-5-6-14(12(2)9-11)18-7-8-19(15(21)22)16(10-18,17-4)13(3)20/h5-6,9,17H,7-8,10H2,1-4H3,(H,21,22). The first-order chi connectivity index (χ1) is 10.3. The Balaban J connectivity index is 2.39. The molecule has 6 nitrogen and oxygen atoms in total. The molecule has 1 saturated heterocycles. The van der Waals surface area contributed by atoms with Crippen molar-refractivity contribution in [1.82, 2.24) is 10.2 Å². The fraction of sp³-hybridized carbons (Fsp3) is 0.500. The van der Waals surface area contributed by atoms with Gasteiger partial charge in [0.15, 0.2) is 11.4 Å². The topological polar surface area (TPSA) is 72.9 Å². The fourth-order valence-electron chi connectivity index (χ4n) is 3.17. The average Bonchev–Trinajstić information content (AvgIpc) is 2.46. The molecular weight excluding hydrogens is 282 g/mol. The number of nitrogens with one attached hydrogen (secondary N) is 1. The molecule has 0 aromatic heterocycles. The van der Waals surface area contributed by atoms with Gasteiger partial charge < -0.3 is 10.0 Å². The Labute approximate surface area is 130 Å². The number of carboxylic acid groups (broad SMARTS) is 1. The predicted molar refractivity (Wildman–Crippen MR) is 85.3 cm³/mol. The van der Waals surface area contributed by atoms with E-state index in [1.807, 2.05) is 26.0 Å². The summed E-state index contributed by atoms with van der Waals surface area (Å²) in [5, 5.41) is 12.3. The second-order valence-corrected chi connectivity index (χ2v) is 5.81. The van der Waals surface area contributed by atoms with Crippen LogP contribution >= 0.6 is 0 Å². The molecular formula is C16H23N3O3. The van der Waals surface area contributed by atoms with Crippen molar-refractivity contribution in [2.75, 3.05) is 31.6 Å². The average molecular weight is 305 g/mol. The highest BCUT2D eigenvalue weighted by Gasteiger charge is 2.47. The van der Waals surface area contributed by atoms with Gasteiger partial charge in [0.2, 0.25) is 0 Å². The Hall–Kier alpha value is -2.08. The van der Waals surface area contributed by atoms with E-state index in [0.29, 0.717) is 13.1 Å². The van der Waals surface area contributed by atoms with Gasteiger partial charge in [-0.2, -0.15) is 0 Å². The van der Waals surface area contributed by atoms with E-state index in [1.165, 1.54) is 17.4 Å². The van der Waals surface area contributed by atoms with Crippen molar-refractivity contribution in [2.24, 2.45) is 0 Å². The molecule has 0 saturated carbocycles. The van der Waals surface area contributed by atoms with Crippen LogP contribution in [-0.2, 0) is 4.79 Å². The van der Waals surface area contributed by atoms with E-state index >= 15 is 0 Å². The molecule has 1 amide bonds. The molecule has 0 spiro atoms. The van der Waals surface area contributed by atoms with Gasteiger partial charge in [-0.25, -0.2) is 4.79 Å². The molecule has 2 N–H and O–H groups in total. The Morgan fingerprint density at radius 2 is 1.95 bits per heavy atom. The smallest absolute Gasteiger partial charge is 0.409 e. The zero-order chi connectivity index (χ0) is 16.5. The minimum absolute atomic E-state index is 0.202. The molecule has 1 aliphatic heterocycles. The normalized spacial score (nSPS) is 21.8. The summed E-state index contributed by atoms with van der Waals surface area (Å²) in [5.74, 6) is -0.202. The molecule has 0 radical (unpaired) electrons. The SMILES string of the molecule is CNC1(C(C)=O)CN(c2ccc(C)cc2C)CCN1C(=O)O. The Morgan fingerprint density at radius 1 is 1.27 bits per heavy atom. The summed E-state index contributed by atoms with van der Waals surface area (Å²) in [6.07, 6.45) is -1.08. The van der Waals surface area contributed by atoms with Gasteiger partial charge in [0, 0.05) is 18.8 Å². The number of rotatable bonds is 3. The number of benzene rings is 1. The number of aryl methyl sites for hydroxylation is 2. The van der Waals surface area contributed by atoms with E-state index in [1.54, 1.807) is 7.05 Å². The summed E-state index contributed by atoms with van der Waals surface area (Å²) in [5.41, 5.74) is 2.13. The van der Waals surface area contributed by atoms with Crippen LogP contribution in [0, 0.1) is 13.8 Å². The number of ketones is 1. The lowest BCUT2D eigenvalue weighted by atomic mass is 9.98. The molecule has 1 aromatic rings. The fourth-order valence-corrected chi connectivity index (χ4v) is 3.17. The van der Waals surface area contributed by atoms with Gasteiger partial charge in [-0.1, -0.05) is 17.7 Å². The largest absolute Gasteiger partial charge is 0.465 e. The number of Topliss-reactive ketones (excluding diaryl/α,β-unsaturated/α-hetero) is 1. The van der Waals surface area contributed by atoms with Crippen LogP contribution in [0.2, 0.25) is 0 Å². The van der Waals surface area contributed by atoms with Gasteiger partial charge in [-0.05, 0) is 39.4 Å². The summed E-state index contributed by atoms with van der Waals surface area (Å²) in [7, 11) is 1.63. The highest BCUT2D eigenvalue weighted by molar-refractivity contribution is 5.90. The van der Waals surface area contributed by atoms with E-state index in [2.05, 4.69) is 16.3 Å². The predicted octanol–water partition coefficient (Wildman–Crippen LogP) is 1.61. The maximum absolute atomic E-state index is 12.2. The molecule has 1 aromatic carbocycles. The van der Waals surface area contributed by atoms with Crippen LogP contribution in [0.3, 0.4) is 0 Å². The van der Waals surface area contributed by atoms with E-state index in [9.17, 15) is 14.7 Å². The minimum Gasteiger partial charge on any atom is -0.465 e. The Kier molecular flexibility index (Phi) is 4.42. The quantitative estimate of drug-likeness (QED) is 0.887. The van der Waals surface area contributed by atoms with Crippen molar-refractivity contribution in [3.05, 3.63) is 29.3 Å². The lowest BCUT2D eigenvalue weighted by Crippen LogP contribution is -2.73. The van der Waals surface area contributed by atoms with Crippen LogP contribution in [0.1, 0.15) is 18.1 Å². The van der Waals surface area contributed by atoms with E-state index in [0.717, 1.165) is 11.3 Å². The molecule has 1 heterocycles. The van der Waals surface area contributed by atoms with Gasteiger partial charge in [0.05, 0.1) is 6.54 Å². The minimum atomic E-state index is -1.21. The van der Waals surface area contributed by atoms with E-state index in [-0.39, 0.29) is 12.3 Å². The summed E-state index contributed by atoms with van der Waals surface area (Å²) in [6.45, 7) is 6.64. The number of nitrogens with zero attached hydrogens (tertiary/aromatic N) is 2. The third-order valence-electron chi connectivity index (χ3n) is 4.39. The molecule has 120 valence electrons. The van der Waals surface area contributed by atoms with Gasteiger partial charge >= 0.3 is 6.09 Å². The highest BCUT2D eigenvalue weighted by atomic mass is 16.4. The first kappa shape index (κ1) is 16.3. The molecule has 1 fully saturated rings. The monoisotopic (exact) mass is 305 g/mol. The molecule has 0 aliphatic carbocycles. The number of carbonyl (C=O) groups excluding carboxylic acids is 1. The number of carbonyl (C=O) groups is 2. The molecule has 22 heavy (non-hydrogen) atoms. The van der Waals surface area contributed by atoms with Crippen molar-refractivity contribution in [1.29, 1.82) is 0 Å². The Morgan fingerprint density at radius 3 is 2.45 bits per heavy atom. The van der Waals surface area contributed by atoms with E-state index < -0.39 is 11.8 Å². The number of hydrogen-bond acceptors (Lipinski definition) is 4. The number of anilines is 1. The third kappa shape index (κ3) is 2.66. The molecule has 0 bridgehead atoms. The van der Waals surface area contributed by atoms with Crippen LogP contribution in [0.15, 0.2) is 18.2 Å². The molecule has 1 unspecified atom stereocenters. The van der Waals surface area contributed by atoms with Crippen molar-refractivity contribution >= 4 is 17.6 Å². The van der Waals surface area contributed by atoms with Crippen LogP contribution in [0.25, 0.3) is 0 Å². The third-order valence-corrected chi connectivity index (χ3v) is 4.39. The van der Waals surface area contributed by atoms with Crippen molar-refractivity contribution in [3.8, 4) is 0 Å². The van der Waals surface area contributed by atoms with Crippen LogP contribution in [0.4, 0.5) is 10.5 Å². The highest BCUT2D eigenvalue weighted by Crippen LogP contribution is 2.28. The van der Waals surface area contributed by atoms with Gasteiger partial charge in [-0.3, -0.25) is 15.0 Å². The lowest BCUT2D eigenvalue weighted by Gasteiger charge is -2.48. The van der Waals surface area contributed by atoms with Crippen molar-refractivity contribution in [2.45, 2.75) is 26.4 Å². The maximum Gasteiger partial charge on any atom is 0.409 e. The second-order valence-electron chi connectivity index (χ2n) is 5.81. The van der Waals surface area contributed by atoms with Gasteiger partial charge in [-0.15, -0.1) is 0 Å². The first-order valence-electron chi connectivity index (χ1n) is 7.34. The molecule has 2 rings (SSSR count). The molecule has 6 heteroatoms. The van der Waals surface area contributed by atoms with Crippen LogP contribution in [-0.4, -0.2) is 54.2 Å². The van der Waals surface area contributed by atoms with Crippen LogP contribution < -0.4 is 10.2 Å². The first-order valence-corrected chi connectivity index (χ1v) is 7.34. The zero-order valence-corrected chi connectivity index (χ0v) is 13.5.